The Morgan fingerprint density at radius 3 is 2.41 bits per heavy atom. The summed E-state index contributed by atoms with van der Waals surface area (Å²) in [6.45, 7) is 0. The number of nitrogens with one attached hydrogen (secondary N) is 1. The van der Waals surface area contributed by atoms with Gasteiger partial charge in [0.2, 0.25) is 5.91 Å². The Hall–Kier alpha value is -2.34. The molecule has 3 aromatic rings. The summed E-state index contributed by atoms with van der Waals surface area (Å²) in [5.41, 5.74) is 2.20. The Balaban J connectivity index is 1.87. The molecule has 0 spiro atoms. The van der Waals surface area contributed by atoms with Crippen LogP contribution in [0.2, 0.25) is 10.0 Å². The predicted molar refractivity (Wildman–Crippen MR) is 109 cm³/mol. The maximum absolute atomic E-state index is 12.6. The molecule has 7 heteroatoms. The molecule has 0 radical (unpaired) electrons. The molecular formula is C20H15Cl2NO3S. The Morgan fingerprint density at radius 2 is 1.74 bits per heavy atom. The van der Waals surface area contributed by atoms with Gasteiger partial charge in [-0.1, -0.05) is 47.5 Å². The third-order valence-corrected chi connectivity index (χ3v) is 5.31. The van der Waals surface area contributed by atoms with E-state index in [-0.39, 0.29) is 23.8 Å². The molecule has 0 saturated carbocycles. The zero-order valence-electron chi connectivity index (χ0n) is 14.0. The largest absolute Gasteiger partial charge is 0.478 e. The van der Waals surface area contributed by atoms with Crippen molar-refractivity contribution >= 4 is 52.1 Å². The van der Waals surface area contributed by atoms with Crippen LogP contribution >= 0.6 is 34.5 Å². The molecule has 0 aliphatic carbocycles. The minimum atomic E-state index is -1.07. The van der Waals surface area contributed by atoms with Crippen molar-refractivity contribution in [3.8, 4) is 0 Å². The topological polar surface area (TPSA) is 66.4 Å². The van der Waals surface area contributed by atoms with Crippen LogP contribution in [0.4, 0.5) is 5.69 Å². The molecule has 0 aliphatic heterocycles. The number of benzene rings is 2. The highest BCUT2D eigenvalue weighted by Gasteiger charge is 2.20. The number of hydrogen-bond acceptors (Lipinski definition) is 3. The molecule has 27 heavy (non-hydrogen) atoms. The Labute approximate surface area is 170 Å². The van der Waals surface area contributed by atoms with E-state index in [0.29, 0.717) is 15.7 Å². The van der Waals surface area contributed by atoms with Gasteiger partial charge >= 0.3 is 5.97 Å². The molecule has 1 unspecified atom stereocenters. The normalized spacial score (nSPS) is 11.8. The van der Waals surface area contributed by atoms with Crippen molar-refractivity contribution in [2.24, 2.45) is 0 Å². The molecule has 3 rings (SSSR count). The van der Waals surface area contributed by atoms with E-state index < -0.39 is 5.97 Å². The molecule has 0 fully saturated rings. The van der Waals surface area contributed by atoms with Crippen LogP contribution in [0, 0.1) is 0 Å². The second-order valence-electron chi connectivity index (χ2n) is 5.92. The van der Waals surface area contributed by atoms with Gasteiger partial charge in [-0.25, -0.2) is 4.79 Å². The Kier molecular flexibility index (Phi) is 6.16. The van der Waals surface area contributed by atoms with E-state index in [9.17, 15) is 14.7 Å². The maximum Gasteiger partial charge on any atom is 0.338 e. The summed E-state index contributed by atoms with van der Waals surface area (Å²) in [6.07, 6.45) is 0.136. The summed E-state index contributed by atoms with van der Waals surface area (Å²) in [5.74, 6) is -1.60. The van der Waals surface area contributed by atoms with Gasteiger partial charge in [0.25, 0.3) is 0 Å². The standard InChI is InChI=1S/C20H15Cl2NO3S/c21-14-6-4-12(5-7-14)16(13-2-1-3-15(22)8-13)9-19(24)23-18-11-27-10-17(18)20(25)26/h1-8,10-11,16H,9H2,(H,23,24)(H,25,26). The molecule has 1 atom stereocenters. The summed E-state index contributed by atoms with van der Waals surface area (Å²) < 4.78 is 0. The minimum absolute atomic E-state index is 0.0825. The first-order chi connectivity index (χ1) is 12.9. The molecule has 138 valence electrons. The van der Waals surface area contributed by atoms with Gasteiger partial charge in [0.15, 0.2) is 0 Å². The van der Waals surface area contributed by atoms with Gasteiger partial charge < -0.3 is 10.4 Å². The highest BCUT2D eigenvalue weighted by molar-refractivity contribution is 7.08. The van der Waals surface area contributed by atoms with E-state index in [0.717, 1.165) is 11.1 Å². The van der Waals surface area contributed by atoms with Crippen LogP contribution in [-0.4, -0.2) is 17.0 Å². The monoisotopic (exact) mass is 419 g/mol. The number of hydrogen-bond donors (Lipinski definition) is 2. The average molecular weight is 420 g/mol. The smallest absolute Gasteiger partial charge is 0.338 e. The second-order valence-corrected chi connectivity index (χ2v) is 7.53. The SMILES string of the molecule is O=C(CC(c1ccc(Cl)cc1)c1cccc(Cl)c1)Nc1cscc1C(=O)O. The lowest BCUT2D eigenvalue weighted by Gasteiger charge is -2.18. The minimum Gasteiger partial charge on any atom is -0.478 e. The zero-order valence-corrected chi connectivity index (χ0v) is 16.3. The molecule has 1 amide bonds. The van der Waals surface area contributed by atoms with Crippen molar-refractivity contribution in [3.63, 3.8) is 0 Å². The van der Waals surface area contributed by atoms with Crippen LogP contribution in [0.5, 0.6) is 0 Å². The van der Waals surface area contributed by atoms with E-state index >= 15 is 0 Å². The third kappa shape index (κ3) is 4.89. The van der Waals surface area contributed by atoms with Crippen molar-refractivity contribution in [1.82, 2.24) is 0 Å². The summed E-state index contributed by atoms with van der Waals surface area (Å²) in [4.78, 5) is 23.9. The van der Waals surface area contributed by atoms with Crippen molar-refractivity contribution in [2.75, 3.05) is 5.32 Å². The van der Waals surface area contributed by atoms with Crippen molar-refractivity contribution in [1.29, 1.82) is 0 Å². The van der Waals surface area contributed by atoms with E-state index in [1.165, 1.54) is 16.7 Å². The quantitative estimate of drug-likeness (QED) is 0.521. The first kappa shape index (κ1) is 19.4. The number of rotatable bonds is 6. The number of carbonyl (C=O) groups is 2. The van der Waals surface area contributed by atoms with Gasteiger partial charge in [0, 0.05) is 33.1 Å². The third-order valence-electron chi connectivity index (χ3n) is 4.08. The van der Waals surface area contributed by atoms with Gasteiger partial charge in [0.1, 0.15) is 0 Å². The summed E-state index contributed by atoms with van der Waals surface area (Å²) in [7, 11) is 0. The molecule has 0 bridgehead atoms. The second kappa shape index (κ2) is 8.57. The summed E-state index contributed by atoms with van der Waals surface area (Å²) >= 11 is 13.3. The predicted octanol–water partition coefficient (Wildman–Crippen LogP) is 5.91. The molecule has 2 N–H and O–H groups in total. The average Bonchev–Trinajstić information content (AvgIpc) is 3.09. The van der Waals surface area contributed by atoms with Gasteiger partial charge in [-0.2, -0.15) is 0 Å². The number of carboxylic acids is 1. The molecule has 1 heterocycles. The lowest BCUT2D eigenvalue weighted by atomic mass is 9.88. The number of halogens is 2. The van der Waals surface area contributed by atoms with Crippen LogP contribution in [0.1, 0.15) is 33.8 Å². The fraction of sp³-hybridized carbons (Fsp3) is 0.100. The van der Waals surface area contributed by atoms with Crippen molar-refractivity contribution < 1.29 is 14.7 Å². The fourth-order valence-electron chi connectivity index (χ4n) is 2.79. The number of anilines is 1. The Morgan fingerprint density at radius 1 is 1.00 bits per heavy atom. The molecule has 2 aromatic carbocycles. The van der Waals surface area contributed by atoms with Crippen molar-refractivity contribution in [3.05, 3.63) is 86.0 Å². The number of thiophene rings is 1. The van der Waals surface area contributed by atoms with Crippen LogP contribution in [0.3, 0.4) is 0 Å². The summed E-state index contributed by atoms with van der Waals surface area (Å²) in [6, 6.07) is 14.6. The maximum atomic E-state index is 12.6. The van der Waals surface area contributed by atoms with E-state index in [2.05, 4.69) is 5.32 Å². The number of carbonyl (C=O) groups excluding carboxylic acids is 1. The lowest BCUT2D eigenvalue weighted by molar-refractivity contribution is -0.116. The number of aromatic carboxylic acids is 1. The molecular weight excluding hydrogens is 405 g/mol. The first-order valence-corrected chi connectivity index (χ1v) is 9.74. The first-order valence-electron chi connectivity index (χ1n) is 8.04. The van der Waals surface area contributed by atoms with Gasteiger partial charge in [-0.15, -0.1) is 11.3 Å². The highest BCUT2D eigenvalue weighted by atomic mass is 35.5. The highest BCUT2D eigenvalue weighted by Crippen LogP contribution is 2.31. The fourth-order valence-corrected chi connectivity index (χ4v) is 3.87. The summed E-state index contributed by atoms with van der Waals surface area (Å²) in [5, 5.41) is 16.2. The van der Waals surface area contributed by atoms with E-state index in [1.807, 2.05) is 30.3 Å². The molecule has 1 aromatic heterocycles. The van der Waals surface area contributed by atoms with E-state index in [4.69, 9.17) is 23.2 Å². The number of amides is 1. The van der Waals surface area contributed by atoms with Crippen LogP contribution in [0.25, 0.3) is 0 Å². The molecule has 0 aliphatic rings. The zero-order chi connectivity index (χ0) is 19.4. The Bertz CT molecular complexity index is 969. The lowest BCUT2D eigenvalue weighted by Crippen LogP contribution is -2.17. The van der Waals surface area contributed by atoms with Crippen molar-refractivity contribution in [2.45, 2.75) is 12.3 Å². The van der Waals surface area contributed by atoms with E-state index in [1.54, 1.807) is 23.6 Å². The van der Waals surface area contributed by atoms with Crippen LogP contribution in [0.15, 0.2) is 59.3 Å². The van der Waals surface area contributed by atoms with Crippen LogP contribution in [-0.2, 0) is 4.79 Å². The molecule has 4 nitrogen and oxygen atoms in total. The molecule has 0 saturated heterocycles. The van der Waals surface area contributed by atoms with Gasteiger partial charge in [-0.3, -0.25) is 4.79 Å². The van der Waals surface area contributed by atoms with Gasteiger partial charge in [-0.05, 0) is 35.4 Å². The van der Waals surface area contributed by atoms with Crippen LogP contribution < -0.4 is 5.32 Å². The van der Waals surface area contributed by atoms with Gasteiger partial charge in [0.05, 0.1) is 11.3 Å². The number of carboxylic acid groups (broad SMARTS) is 1.